The predicted octanol–water partition coefficient (Wildman–Crippen LogP) is 2.65. The van der Waals surface area contributed by atoms with Crippen molar-refractivity contribution >= 4 is 33.8 Å². The standard InChI is InChI=1S/C18H13ClN6O.C6H13NO/c1-9-2-17-22-11(8-25(17)7-10(9)6-20)3-16-23-15-5-14(21)13(19)4-12(15)18(26)24-16;1-2-7-4-3-6(8)5-7/h2,4-5,7-8H,3,21H2,1H3,(H,23,24,26);6,8H,2-5H2,1H3/t;6-/m.0/s1. The number of rotatable bonds is 3. The number of H-pyrrole nitrogens is 1. The fourth-order valence-corrected chi connectivity index (χ4v) is 4.13. The van der Waals surface area contributed by atoms with Crippen molar-refractivity contribution in [2.45, 2.75) is 32.8 Å². The van der Waals surface area contributed by atoms with E-state index in [0.29, 0.717) is 39.4 Å². The number of aliphatic hydroxyl groups excluding tert-OH is 1. The van der Waals surface area contributed by atoms with Crippen LogP contribution in [0.5, 0.6) is 0 Å². The number of anilines is 1. The molecule has 1 saturated heterocycles. The summed E-state index contributed by atoms with van der Waals surface area (Å²) in [5.41, 5.74) is 9.29. The Balaban J connectivity index is 0.000000291. The minimum absolute atomic E-state index is 0.0463. The fraction of sp³-hybridized carbons (Fsp3) is 0.333. The number of imidazole rings is 1. The SMILES string of the molecule is CCN1CC[C@H](O)C1.Cc1cc2nc(Cc3nc4cc(N)c(Cl)cc4c(=O)[nH]3)cn2cc1C#N. The maximum Gasteiger partial charge on any atom is 0.258 e. The van der Waals surface area contributed by atoms with Gasteiger partial charge in [-0.3, -0.25) is 4.79 Å². The number of fused-ring (bicyclic) bond motifs is 2. The van der Waals surface area contributed by atoms with Crippen LogP contribution < -0.4 is 11.3 Å². The third-order valence-corrected chi connectivity index (χ3v) is 6.21. The highest BCUT2D eigenvalue weighted by Gasteiger charge is 2.17. The first-order chi connectivity index (χ1) is 16.3. The summed E-state index contributed by atoms with van der Waals surface area (Å²) < 4.78 is 1.79. The summed E-state index contributed by atoms with van der Waals surface area (Å²) in [7, 11) is 0. The molecular formula is C24H26ClN7O2. The molecule has 34 heavy (non-hydrogen) atoms. The summed E-state index contributed by atoms with van der Waals surface area (Å²) in [6.45, 7) is 7.04. The van der Waals surface area contributed by atoms with Gasteiger partial charge in [0.05, 0.1) is 39.0 Å². The third-order valence-electron chi connectivity index (χ3n) is 5.89. The highest BCUT2D eigenvalue weighted by molar-refractivity contribution is 6.33. The van der Waals surface area contributed by atoms with Gasteiger partial charge < -0.3 is 25.1 Å². The molecule has 9 nitrogen and oxygen atoms in total. The number of nitrogens with zero attached hydrogens (tertiary/aromatic N) is 5. The average Bonchev–Trinajstić information content (AvgIpc) is 3.39. The molecule has 4 heterocycles. The van der Waals surface area contributed by atoms with Crippen LogP contribution in [0.15, 0.2) is 35.4 Å². The molecule has 0 unspecified atom stereocenters. The first-order valence-corrected chi connectivity index (χ1v) is 11.4. The van der Waals surface area contributed by atoms with Gasteiger partial charge in [-0.1, -0.05) is 18.5 Å². The first-order valence-electron chi connectivity index (χ1n) is 11.0. The maximum atomic E-state index is 12.3. The smallest absolute Gasteiger partial charge is 0.258 e. The second-order valence-electron chi connectivity index (χ2n) is 8.40. The number of nitrogens with two attached hydrogens (primary N) is 1. The highest BCUT2D eigenvalue weighted by atomic mass is 35.5. The molecule has 0 aliphatic carbocycles. The molecule has 176 valence electrons. The van der Waals surface area contributed by atoms with Crippen molar-refractivity contribution in [1.29, 1.82) is 5.26 Å². The van der Waals surface area contributed by atoms with Crippen LogP contribution in [-0.2, 0) is 6.42 Å². The zero-order valence-corrected chi connectivity index (χ0v) is 19.8. The van der Waals surface area contributed by atoms with Crippen molar-refractivity contribution in [3.8, 4) is 6.07 Å². The van der Waals surface area contributed by atoms with Gasteiger partial charge >= 0.3 is 0 Å². The number of benzene rings is 1. The minimum atomic E-state index is -0.279. The van der Waals surface area contributed by atoms with E-state index in [1.54, 1.807) is 16.7 Å². The quantitative estimate of drug-likeness (QED) is 0.384. The molecule has 0 saturated carbocycles. The monoisotopic (exact) mass is 479 g/mol. The Hall–Kier alpha value is -3.45. The number of aryl methyl sites for hydroxylation is 1. The Kier molecular flexibility index (Phi) is 6.84. The number of nitrogens with one attached hydrogen (secondary N) is 1. The van der Waals surface area contributed by atoms with Gasteiger partial charge in [0.1, 0.15) is 17.5 Å². The summed E-state index contributed by atoms with van der Waals surface area (Å²) in [4.78, 5) is 26.3. The van der Waals surface area contributed by atoms with Crippen LogP contribution in [0.2, 0.25) is 5.02 Å². The molecule has 4 N–H and O–H groups in total. The number of likely N-dealkylation sites (tertiary alicyclic amines) is 1. The molecule has 1 aliphatic rings. The molecular weight excluding hydrogens is 454 g/mol. The maximum absolute atomic E-state index is 12.3. The number of β-amino-alcohol motifs (C(OH)–C–C–N with tert-alkyl or cyclic N) is 1. The van der Waals surface area contributed by atoms with Crippen LogP contribution in [0.1, 0.15) is 36.0 Å². The lowest BCUT2D eigenvalue weighted by atomic mass is 10.2. The molecule has 10 heteroatoms. The lowest BCUT2D eigenvalue weighted by molar-refractivity contribution is 0.178. The van der Waals surface area contributed by atoms with Crippen LogP contribution >= 0.6 is 11.6 Å². The summed E-state index contributed by atoms with van der Waals surface area (Å²) in [6.07, 6.45) is 4.82. The molecule has 0 bridgehead atoms. The lowest BCUT2D eigenvalue weighted by Crippen LogP contribution is -2.21. The number of nitriles is 1. The Labute approximate surface area is 201 Å². The largest absolute Gasteiger partial charge is 0.397 e. The van der Waals surface area contributed by atoms with Crippen LogP contribution in [0, 0.1) is 18.3 Å². The number of hydrogen-bond donors (Lipinski definition) is 3. The first kappa shape index (κ1) is 23.7. The van der Waals surface area contributed by atoms with E-state index in [1.807, 2.05) is 19.2 Å². The molecule has 0 spiro atoms. The van der Waals surface area contributed by atoms with Crippen LogP contribution in [0.3, 0.4) is 0 Å². The van der Waals surface area contributed by atoms with Gasteiger partial charge in [0.15, 0.2) is 0 Å². The van der Waals surface area contributed by atoms with Crippen molar-refractivity contribution in [1.82, 2.24) is 24.3 Å². The van der Waals surface area contributed by atoms with E-state index < -0.39 is 0 Å². The summed E-state index contributed by atoms with van der Waals surface area (Å²) in [5, 5.41) is 18.8. The van der Waals surface area contributed by atoms with Crippen LogP contribution in [-0.4, -0.2) is 55.1 Å². The molecule has 1 atom stereocenters. The zero-order valence-electron chi connectivity index (χ0n) is 19.0. The summed E-state index contributed by atoms with van der Waals surface area (Å²) >= 11 is 5.97. The Morgan fingerprint density at radius 3 is 2.76 bits per heavy atom. The highest BCUT2D eigenvalue weighted by Crippen LogP contribution is 2.23. The van der Waals surface area contributed by atoms with E-state index in [0.717, 1.165) is 43.0 Å². The topological polar surface area (TPSA) is 136 Å². The molecule has 0 radical (unpaired) electrons. The van der Waals surface area contributed by atoms with Crippen molar-refractivity contribution in [3.05, 3.63) is 68.6 Å². The van der Waals surface area contributed by atoms with E-state index >= 15 is 0 Å². The molecule has 1 aliphatic heterocycles. The summed E-state index contributed by atoms with van der Waals surface area (Å²) in [5.74, 6) is 0.477. The van der Waals surface area contributed by atoms with Gasteiger partial charge in [0.25, 0.3) is 5.56 Å². The number of aromatic nitrogens is 4. The van der Waals surface area contributed by atoms with Gasteiger partial charge in [0, 0.05) is 31.9 Å². The van der Waals surface area contributed by atoms with Gasteiger partial charge in [0.2, 0.25) is 0 Å². The van der Waals surface area contributed by atoms with E-state index in [4.69, 9.17) is 27.7 Å². The van der Waals surface area contributed by atoms with E-state index in [-0.39, 0.29) is 11.7 Å². The second kappa shape index (κ2) is 9.81. The molecule has 5 rings (SSSR count). The number of halogens is 1. The minimum Gasteiger partial charge on any atom is -0.397 e. The normalized spacial score (nSPS) is 15.9. The molecule has 1 fully saturated rings. The zero-order chi connectivity index (χ0) is 24.4. The van der Waals surface area contributed by atoms with E-state index in [9.17, 15) is 4.79 Å². The fourth-order valence-electron chi connectivity index (χ4n) is 3.96. The number of pyridine rings is 1. The average molecular weight is 480 g/mol. The van der Waals surface area contributed by atoms with Gasteiger partial charge in [-0.25, -0.2) is 9.97 Å². The van der Waals surface area contributed by atoms with Crippen LogP contribution in [0.25, 0.3) is 16.6 Å². The Bertz CT molecular complexity index is 1450. The van der Waals surface area contributed by atoms with E-state index in [2.05, 4.69) is 32.8 Å². The van der Waals surface area contributed by atoms with Gasteiger partial charge in [-0.2, -0.15) is 5.26 Å². The van der Waals surface area contributed by atoms with Crippen molar-refractivity contribution in [3.63, 3.8) is 0 Å². The van der Waals surface area contributed by atoms with Gasteiger partial charge in [-0.15, -0.1) is 0 Å². The van der Waals surface area contributed by atoms with Crippen LogP contribution in [0.4, 0.5) is 5.69 Å². The number of aromatic amines is 1. The van der Waals surface area contributed by atoms with E-state index in [1.165, 1.54) is 6.07 Å². The number of hydrogen-bond acceptors (Lipinski definition) is 7. The lowest BCUT2D eigenvalue weighted by Gasteiger charge is -2.09. The molecule has 0 amide bonds. The van der Waals surface area contributed by atoms with Gasteiger partial charge in [-0.05, 0) is 43.7 Å². The molecule has 3 aromatic heterocycles. The number of likely N-dealkylation sites (N-methyl/N-ethyl adjacent to an activating group) is 1. The van der Waals surface area contributed by atoms with Crippen molar-refractivity contribution in [2.75, 3.05) is 25.4 Å². The Morgan fingerprint density at radius 2 is 2.12 bits per heavy atom. The Morgan fingerprint density at radius 1 is 1.32 bits per heavy atom. The molecule has 4 aromatic rings. The van der Waals surface area contributed by atoms with Crippen molar-refractivity contribution < 1.29 is 5.11 Å². The summed E-state index contributed by atoms with van der Waals surface area (Å²) in [6, 6.07) is 7.10. The number of nitrogen functional groups attached to an aromatic ring is 1. The molecule has 1 aromatic carbocycles. The third kappa shape index (κ3) is 5.04. The van der Waals surface area contributed by atoms with Crippen molar-refractivity contribution in [2.24, 2.45) is 0 Å². The number of aliphatic hydroxyl groups is 1. The second-order valence-corrected chi connectivity index (χ2v) is 8.80. The predicted molar refractivity (Wildman–Crippen MR) is 132 cm³/mol.